The fourth-order valence-corrected chi connectivity index (χ4v) is 4.84. The van der Waals surface area contributed by atoms with Gasteiger partial charge in [-0.3, -0.25) is 14.9 Å². The maximum atomic E-state index is 12.4. The normalized spacial score (nSPS) is 12.4. The third kappa shape index (κ3) is 4.43. The Kier molecular flexibility index (Phi) is 5.94. The predicted molar refractivity (Wildman–Crippen MR) is 111 cm³/mol. The average molecular weight is 434 g/mol. The average Bonchev–Trinajstić information content (AvgIpc) is 3.04. The second-order valence-corrected chi connectivity index (χ2v) is 9.56. The molecular weight excluding hydrogens is 414 g/mol. The number of benzene rings is 2. The van der Waals surface area contributed by atoms with E-state index in [4.69, 9.17) is 0 Å². The maximum absolute atomic E-state index is 12.4. The molecule has 8 nitrogen and oxygen atoms in total. The Morgan fingerprint density at radius 1 is 1.17 bits per heavy atom. The summed E-state index contributed by atoms with van der Waals surface area (Å²) in [5.74, 6) is -0.360. The minimum absolute atomic E-state index is 0.0156. The van der Waals surface area contributed by atoms with E-state index in [1.165, 1.54) is 35.6 Å². The molecule has 0 saturated carbocycles. The van der Waals surface area contributed by atoms with E-state index < -0.39 is 14.8 Å². The number of carbonyl (C=O) groups is 1. The van der Waals surface area contributed by atoms with Gasteiger partial charge in [-0.1, -0.05) is 30.4 Å². The Hall–Kier alpha value is -2.85. The van der Waals surface area contributed by atoms with Gasteiger partial charge in [-0.05, 0) is 30.7 Å². The lowest BCUT2D eigenvalue weighted by atomic mass is 10.1. The van der Waals surface area contributed by atoms with Gasteiger partial charge in [0.25, 0.3) is 11.6 Å². The number of nitro groups is 1. The van der Waals surface area contributed by atoms with Crippen LogP contribution in [0, 0.1) is 10.1 Å². The van der Waals surface area contributed by atoms with E-state index in [9.17, 15) is 23.3 Å². The standard InChI is InChI=1S/C19H19N3O5S2/c1-3-21-16-12-14(22(24)25)7-10-17(16)28-19(21)20-18(23)11-13-5-8-15(9-6-13)29(26,27)4-2/h5-10,12H,3-4,11H2,1-2H3. The van der Waals surface area contributed by atoms with Gasteiger partial charge in [0, 0.05) is 18.7 Å². The molecule has 0 bridgehead atoms. The zero-order valence-corrected chi connectivity index (χ0v) is 17.5. The summed E-state index contributed by atoms with van der Waals surface area (Å²) < 4.78 is 26.3. The number of hydrogen-bond donors (Lipinski definition) is 0. The summed E-state index contributed by atoms with van der Waals surface area (Å²) >= 11 is 1.29. The summed E-state index contributed by atoms with van der Waals surface area (Å²) in [7, 11) is -3.28. The number of thiazole rings is 1. The number of carbonyl (C=O) groups excluding carboxylic acids is 1. The Labute approximate surface area is 171 Å². The Morgan fingerprint density at radius 3 is 2.45 bits per heavy atom. The van der Waals surface area contributed by atoms with Crippen LogP contribution in [-0.4, -0.2) is 29.6 Å². The highest BCUT2D eigenvalue weighted by molar-refractivity contribution is 7.91. The van der Waals surface area contributed by atoms with Gasteiger partial charge in [0.05, 0.1) is 32.2 Å². The first-order valence-electron chi connectivity index (χ1n) is 8.92. The van der Waals surface area contributed by atoms with E-state index in [-0.39, 0.29) is 28.7 Å². The third-order valence-electron chi connectivity index (χ3n) is 4.43. The number of nitro benzene ring substituents is 1. The molecule has 3 rings (SSSR count). The SMILES string of the molecule is CCn1c(=NC(=O)Cc2ccc(S(=O)(=O)CC)cc2)sc2ccc([N+](=O)[O-])cc21. The molecule has 2 aromatic carbocycles. The van der Waals surface area contributed by atoms with E-state index in [0.717, 1.165) is 4.70 Å². The lowest BCUT2D eigenvalue weighted by molar-refractivity contribution is -0.384. The smallest absolute Gasteiger partial charge is 0.271 e. The van der Waals surface area contributed by atoms with Crippen LogP contribution in [0.2, 0.25) is 0 Å². The van der Waals surface area contributed by atoms with Crippen LogP contribution in [0.5, 0.6) is 0 Å². The van der Waals surface area contributed by atoms with Gasteiger partial charge >= 0.3 is 0 Å². The fraction of sp³-hybridized carbons (Fsp3) is 0.263. The van der Waals surface area contributed by atoms with Crippen molar-refractivity contribution < 1.29 is 18.1 Å². The summed E-state index contributed by atoms with van der Waals surface area (Å²) in [6.45, 7) is 3.96. The van der Waals surface area contributed by atoms with Crippen LogP contribution in [0.3, 0.4) is 0 Å². The van der Waals surface area contributed by atoms with Gasteiger partial charge in [0.15, 0.2) is 14.6 Å². The lowest BCUT2D eigenvalue weighted by Gasteiger charge is -2.03. The summed E-state index contributed by atoms with van der Waals surface area (Å²) in [5.41, 5.74) is 1.30. The summed E-state index contributed by atoms with van der Waals surface area (Å²) in [4.78, 5) is 27.9. The molecule has 0 spiro atoms. The van der Waals surface area contributed by atoms with E-state index in [0.29, 0.717) is 22.4 Å². The number of non-ortho nitro benzene ring substituents is 1. The third-order valence-corrected chi connectivity index (χ3v) is 7.24. The zero-order valence-electron chi connectivity index (χ0n) is 15.9. The first kappa shape index (κ1) is 20.9. The topological polar surface area (TPSA) is 112 Å². The fourth-order valence-electron chi connectivity index (χ4n) is 2.86. The van der Waals surface area contributed by atoms with Crippen LogP contribution in [-0.2, 0) is 27.6 Å². The molecule has 0 atom stereocenters. The van der Waals surface area contributed by atoms with Crippen molar-refractivity contribution in [1.29, 1.82) is 0 Å². The van der Waals surface area contributed by atoms with Gasteiger partial charge in [0.2, 0.25) is 0 Å². The highest BCUT2D eigenvalue weighted by Crippen LogP contribution is 2.23. The van der Waals surface area contributed by atoms with Crippen LogP contribution in [0.15, 0.2) is 52.4 Å². The molecule has 0 fully saturated rings. The Morgan fingerprint density at radius 2 is 1.86 bits per heavy atom. The number of nitrogens with zero attached hydrogens (tertiary/aromatic N) is 3. The monoisotopic (exact) mass is 433 g/mol. The van der Waals surface area contributed by atoms with Crippen molar-refractivity contribution in [2.45, 2.75) is 31.7 Å². The molecular formula is C19H19N3O5S2. The molecule has 1 heterocycles. The van der Waals surface area contributed by atoms with Crippen molar-refractivity contribution in [3.63, 3.8) is 0 Å². The number of aryl methyl sites for hydroxylation is 1. The van der Waals surface area contributed by atoms with E-state index in [1.54, 1.807) is 29.7 Å². The van der Waals surface area contributed by atoms with Crippen molar-refractivity contribution in [2.24, 2.45) is 4.99 Å². The molecule has 3 aromatic rings. The van der Waals surface area contributed by atoms with Crippen LogP contribution < -0.4 is 4.80 Å². The Balaban J connectivity index is 1.91. The number of hydrogen-bond acceptors (Lipinski definition) is 6. The van der Waals surface area contributed by atoms with Gasteiger partial charge in [-0.2, -0.15) is 4.99 Å². The van der Waals surface area contributed by atoms with Gasteiger partial charge in [-0.15, -0.1) is 0 Å². The maximum Gasteiger partial charge on any atom is 0.271 e. The number of amides is 1. The molecule has 0 radical (unpaired) electrons. The summed E-state index contributed by atoms with van der Waals surface area (Å²) in [6, 6.07) is 10.8. The largest absolute Gasteiger partial charge is 0.316 e. The van der Waals surface area contributed by atoms with E-state index in [2.05, 4.69) is 4.99 Å². The molecule has 0 aliphatic heterocycles. The number of fused-ring (bicyclic) bond motifs is 1. The van der Waals surface area contributed by atoms with Crippen LogP contribution in [0.4, 0.5) is 5.69 Å². The molecule has 1 aromatic heterocycles. The lowest BCUT2D eigenvalue weighted by Crippen LogP contribution is -2.16. The minimum atomic E-state index is -3.28. The molecule has 29 heavy (non-hydrogen) atoms. The van der Waals surface area contributed by atoms with Gasteiger partial charge in [0.1, 0.15) is 0 Å². The molecule has 0 aliphatic carbocycles. The quantitative estimate of drug-likeness (QED) is 0.438. The van der Waals surface area contributed by atoms with E-state index in [1.807, 2.05) is 6.92 Å². The number of aromatic nitrogens is 1. The van der Waals surface area contributed by atoms with Crippen molar-refractivity contribution >= 4 is 43.0 Å². The number of sulfone groups is 1. The van der Waals surface area contributed by atoms with Gasteiger partial charge in [-0.25, -0.2) is 8.42 Å². The summed E-state index contributed by atoms with van der Waals surface area (Å²) in [5, 5.41) is 11.0. The first-order valence-corrected chi connectivity index (χ1v) is 11.4. The minimum Gasteiger partial charge on any atom is -0.316 e. The molecule has 1 amide bonds. The molecule has 10 heteroatoms. The Bertz CT molecular complexity index is 1260. The number of rotatable bonds is 6. The van der Waals surface area contributed by atoms with Crippen molar-refractivity contribution in [3.8, 4) is 0 Å². The van der Waals surface area contributed by atoms with Crippen LogP contribution in [0.1, 0.15) is 19.4 Å². The molecule has 0 aliphatic rings. The highest BCUT2D eigenvalue weighted by Gasteiger charge is 2.13. The molecule has 0 N–H and O–H groups in total. The van der Waals surface area contributed by atoms with Crippen molar-refractivity contribution in [3.05, 3.63) is 62.9 Å². The highest BCUT2D eigenvalue weighted by atomic mass is 32.2. The molecule has 0 saturated heterocycles. The molecule has 152 valence electrons. The van der Waals surface area contributed by atoms with Crippen molar-refractivity contribution in [1.82, 2.24) is 4.57 Å². The first-order chi connectivity index (χ1) is 13.7. The van der Waals surface area contributed by atoms with Gasteiger partial charge < -0.3 is 4.57 Å². The van der Waals surface area contributed by atoms with Crippen LogP contribution >= 0.6 is 11.3 Å². The predicted octanol–water partition coefficient (Wildman–Crippen LogP) is 3.09. The van der Waals surface area contributed by atoms with Crippen molar-refractivity contribution in [2.75, 3.05) is 5.75 Å². The molecule has 0 unspecified atom stereocenters. The second-order valence-electron chi connectivity index (χ2n) is 6.27. The van der Waals surface area contributed by atoms with Crippen LogP contribution in [0.25, 0.3) is 10.2 Å². The zero-order chi connectivity index (χ0) is 21.2. The van der Waals surface area contributed by atoms with E-state index >= 15 is 0 Å². The summed E-state index contributed by atoms with van der Waals surface area (Å²) in [6.07, 6.45) is 0.0323. The second kappa shape index (κ2) is 8.26.